The Bertz CT molecular complexity index is 1320. The smallest absolute Gasteiger partial charge is 0.497 e. The highest BCUT2D eigenvalue weighted by molar-refractivity contribution is 6.02. The van der Waals surface area contributed by atoms with Crippen LogP contribution in [0.2, 0.25) is 0 Å². The van der Waals surface area contributed by atoms with Crippen molar-refractivity contribution in [3.63, 3.8) is 0 Å². The molecule has 7 nitrogen and oxygen atoms in total. The van der Waals surface area contributed by atoms with E-state index in [1.807, 2.05) is 66.7 Å². The highest BCUT2D eigenvalue weighted by Crippen LogP contribution is 2.45. The Labute approximate surface area is 184 Å². The number of hydrogen-bond acceptors (Lipinski definition) is 7. The van der Waals surface area contributed by atoms with E-state index in [-0.39, 0.29) is 6.79 Å². The molecule has 0 saturated carbocycles. The third-order valence-electron chi connectivity index (χ3n) is 5.22. The molecule has 32 heavy (non-hydrogen) atoms. The largest absolute Gasteiger partial charge is 0.513 e. The van der Waals surface area contributed by atoms with E-state index >= 15 is 0 Å². The number of pyridine rings is 1. The molecule has 0 fully saturated rings. The highest BCUT2D eigenvalue weighted by atomic mass is 16.7. The average molecular weight is 429 g/mol. The summed E-state index contributed by atoms with van der Waals surface area (Å²) in [5, 5.41) is 0.822. The van der Waals surface area contributed by atoms with Gasteiger partial charge >= 0.3 is 6.16 Å². The van der Waals surface area contributed by atoms with E-state index < -0.39 is 6.16 Å². The predicted octanol–water partition coefficient (Wildman–Crippen LogP) is 5.45. The number of benzene rings is 3. The van der Waals surface area contributed by atoms with Gasteiger partial charge in [-0.2, -0.15) is 0 Å². The van der Waals surface area contributed by atoms with Crippen LogP contribution >= 0.6 is 0 Å². The zero-order valence-electron chi connectivity index (χ0n) is 17.5. The Morgan fingerprint density at radius 1 is 0.906 bits per heavy atom. The third-order valence-corrected chi connectivity index (χ3v) is 5.22. The summed E-state index contributed by atoms with van der Waals surface area (Å²) in [7, 11) is 2.87. The molecule has 0 bridgehead atoms. The van der Waals surface area contributed by atoms with Gasteiger partial charge in [-0.05, 0) is 48.0 Å². The molecule has 5 rings (SSSR count). The molecule has 1 aromatic heterocycles. The first-order valence-electron chi connectivity index (χ1n) is 9.91. The van der Waals surface area contributed by atoms with Crippen LogP contribution in [0.25, 0.3) is 33.3 Å². The summed E-state index contributed by atoms with van der Waals surface area (Å²) in [4.78, 5) is 17.1. The summed E-state index contributed by atoms with van der Waals surface area (Å²) >= 11 is 0. The number of para-hydroxylation sites is 1. The van der Waals surface area contributed by atoms with Crippen LogP contribution in [0.4, 0.5) is 4.79 Å². The van der Waals surface area contributed by atoms with Crippen LogP contribution in [-0.2, 0) is 4.74 Å². The van der Waals surface area contributed by atoms with Crippen LogP contribution in [0.1, 0.15) is 0 Å². The lowest BCUT2D eigenvalue weighted by atomic mass is 9.96. The fourth-order valence-corrected chi connectivity index (χ4v) is 3.70. The second-order valence-electron chi connectivity index (χ2n) is 7.03. The van der Waals surface area contributed by atoms with Crippen molar-refractivity contribution in [3.8, 4) is 45.4 Å². The summed E-state index contributed by atoms with van der Waals surface area (Å²) in [6.07, 6.45) is -0.834. The van der Waals surface area contributed by atoms with Gasteiger partial charge in [0.1, 0.15) is 11.4 Å². The molecule has 0 spiro atoms. The first-order chi connectivity index (χ1) is 15.7. The molecular formula is C25H19NO6. The van der Waals surface area contributed by atoms with E-state index in [4.69, 9.17) is 28.7 Å². The number of ether oxygens (including phenoxy) is 5. The second kappa shape index (κ2) is 8.11. The molecule has 3 aromatic carbocycles. The summed E-state index contributed by atoms with van der Waals surface area (Å²) in [5.74, 6) is 2.29. The Morgan fingerprint density at radius 2 is 1.66 bits per heavy atom. The molecule has 7 heteroatoms. The summed E-state index contributed by atoms with van der Waals surface area (Å²) in [5.41, 5.74) is 3.51. The number of rotatable bonds is 4. The van der Waals surface area contributed by atoms with Crippen LogP contribution in [0.3, 0.4) is 0 Å². The summed E-state index contributed by atoms with van der Waals surface area (Å²) in [6.45, 7) is 0.165. The maximum absolute atomic E-state index is 12.2. The number of nitrogens with zero attached hydrogens (tertiary/aromatic N) is 1. The van der Waals surface area contributed by atoms with Crippen molar-refractivity contribution in [3.05, 3.63) is 66.7 Å². The topological polar surface area (TPSA) is 76.1 Å². The Hall–Kier alpha value is -4.26. The number of hydrogen-bond donors (Lipinski definition) is 0. The summed E-state index contributed by atoms with van der Waals surface area (Å²) in [6, 6.07) is 20.7. The van der Waals surface area contributed by atoms with Gasteiger partial charge in [-0.3, -0.25) is 0 Å². The van der Waals surface area contributed by atoms with Gasteiger partial charge in [0.15, 0.2) is 17.2 Å². The number of methoxy groups -OCH3 is 2. The van der Waals surface area contributed by atoms with Gasteiger partial charge in [0, 0.05) is 16.5 Å². The number of fused-ring (bicyclic) bond motifs is 2. The number of carbonyl (C=O) groups is 1. The molecule has 0 N–H and O–H groups in total. The van der Waals surface area contributed by atoms with E-state index in [2.05, 4.69) is 0 Å². The van der Waals surface area contributed by atoms with E-state index in [0.717, 1.165) is 22.0 Å². The molecule has 160 valence electrons. The van der Waals surface area contributed by atoms with Crippen molar-refractivity contribution < 1.29 is 28.5 Å². The van der Waals surface area contributed by atoms with Gasteiger partial charge < -0.3 is 23.7 Å². The number of carbonyl (C=O) groups excluding carboxylic acids is 1. The molecule has 1 aliphatic heterocycles. The van der Waals surface area contributed by atoms with Crippen molar-refractivity contribution in [2.24, 2.45) is 0 Å². The molecule has 0 unspecified atom stereocenters. The molecule has 4 aromatic rings. The average Bonchev–Trinajstić information content (AvgIpc) is 3.31. The van der Waals surface area contributed by atoms with Crippen LogP contribution in [0.5, 0.6) is 23.0 Å². The standard InChI is InChI=1S/C25H19NO6/c1-28-17-10-7-15(8-11-17)23-24(32-25(27)29-2)22(18-5-3-4-6-19(18)26-23)16-9-12-20-21(13-16)31-14-30-20/h3-13H,14H2,1-2H3. The quantitative estimate of drug-likeness (QED) is 0.399. The SMILES string of the molecule is COC(=O)Oc1c(-c2ccc(OC)cc2)nc2ccccc2c1-c1ccc2c(c1)OCO2. The normalized spacial score (nSPS) is 11.9. The second-order valence-corrected chi connectivity index (χ2v) is 7.03. The minimum Gasteiger partial charge on any atom is -0.497 e. The number of aromatic nitrogens is 1. The van der Waals surface area contributed by atoms with Gasteiger partial charge in [0.2, 0.25) is 6.79 Å². The Morgan fingerprint density at radius 3 is 2.44 bits per heavy atom. The fourth-order valence-electron chi connectivity index (χ4n) is 3.70. The zero-order chi connectivity index (χ0) is 22.1. The lowest BCUT2D eigenvalue weighted by molar-refractivity contribution is 0.122. The van der Waals surface area contributed by atoms with E-state index in [1.54, 1.807) is 7.11 Å². The van der Waals surface area contributed by atoms with Gasteiger partial charge in [0.25, 0.3) is 0 Å². The molecule has 2 heterocycles. The fraction of sp³-hybridized carbons (Fsp3) is 0.120. The van der Waals surface area contributed by atoms with E-state index in [9.17, 15) is 4.79 Å². The minimum atomic E-state index is -0.834. The van der Waals surface area contributed by atoms with Crippen molar-refractivity contribution in [2.75, 3.05) is 21.0 Å². The first kappa shape index (κ1) is 19.7. The van der Waals surface area contributed by atoms with Crippen LogP contribution < -0.4 is 18.9 Å². The van der Waals surface area contributed by atoms with Gasteiger partial charge in [-0.15, -0.1) is 0 Å². The zero-order valence-corrected chi connectivity index (χ0v) is 17.5. The van der Waals surface area contributed by atoms with Crippen molar-refractivity contribution in [1.82, 2.24) is 4.98 Å². The molecule has 0 aliphatic carbocycles. The van der Waals surface area contributed by atoms with Crippen LogP contribution in [-0.4, -0.2) is 32.2 Å². The molecule has 0 amide bonds. The van der Waals surface area contributed by atoms with Gasteiger partial charge in [0.05, 0.1) is 19.7 Å². The van der Waals surface area contributed by atoms with Crippen molar-refractivity contribution in [2.45, 2.75) is 0 Å². The maximum Gasteiger partial charge on any atom is 0.513 e. The summed E-state index contributed by atoms with van der Waals surface area (Å²) < 4.78 is 26.8. The van der Waals surface area contributed by atoms with E-state index in [0.29, 0.717) is 34.3 Å². The predicted molar refractivity (Wildman–Crippen MR) is 118 cm³/mol. The lowest BCUT2D eigenvalue weighted by Gasteiger charge is -2.17. The van der Waals surface area contributed by atoms with E-state index in [1.165, 1.54) is 7.11 Å². The van der Waals surface area contributed by atoms with Crippen LogP contribution in [0.15, 0.2) is 66.7 Å². The van der Waals surface area contributed by atoms with Gasteiger partial charge in [-0.1, -0.05) is 24.3 Å². The Balaban J connectivity index is 1.81. The van der Waals surface area contributed by atoms with Crippen LogP contribution in [0, 0.1) is 0 Å². The minimum absolute atomic E-state index is 0.165. The molecule has 1 aliphatic rings. The van der Waals surface area contributed by atoms with Crippen molar-refractivity contribution >= 4 is 17.1 Å². The molecule has 0 saturated heterocycles. The Kier molecular flexibility index (Phi) is 4.99. The molecule has 0 radical (unpaired) electrons. The van der Waals surface area contributed by atoms with Gasteiger partial charge in [-0.25, -0.2) is 9.78 Å². The third kappa shape index (κ3) is 3.43. The monoisotopic (exact) mass is 429 g/mol. The lowest BCUT2D eigenvalue weighted by Crippen LogP contribution is -2.10. The van der Waals surface area contributed by atoms with Crippen molar-refractivity contribution in [1.29, 1.82) is 0 Å². The maximum atomic E-state index is 12.2. The first-order valence-corrected chi connectivity index (χ1v) is 9.91. The molecule has 0 atom stereocenters. The molecular weight excluding hydrogens is 410 g/mol. The highest BCUT2D eigenvalue weighted by Gasteiger charge is 2.24.